The lowest BCUT2D eigenvalue weighted by Gasteiger charge is -2.31. The summed E-state index contributed by atoms with van der Waals surface area (Å²) in [4.78, 5) is 36.8. The summed E-state index contributed by atoms with van der Waals surface area (Å²) in [7, 11) is 0. The normalized spacial score (nSPS) is 17.4. The predicted molar refractivity (Wildman–Crippen MR) is 158 cm³/mol. The van der Waals surface area contributed by atoms with Crippen LogP contribution in [-0.2, 0) is 6.54 Å². The Morgan fingerprint density at radius 1 is 1.10 bits per heavy atom. The zero-order chi connectivity index (χ0) is 29.1. The van der Waals surface area contributed by atoms with E-state index in [2.05, 4.69) is 27.3 Å². The van der Waals surface area contributed by atoms with Crippen molar-refractivity contribution in [2.24, 2.45) is 5.73 Å². The molecule has 42 heavy (non-hydrogen) atoms. The van der Waals surface area contributed by atoms with Gasteiger partial charge in [-0.2, -0.15) is 4.39 Å². The number of rotatable bonds is 8. The number of nitrogens with zero attached hydrogens (tertiary/aromatic N) is 5. The second kappa shape index (κ2) is 12.2. The van der Waals surface area contributed by atoms with Gasteiger partial charge in [-0.3, -0.25) is 10.1 Å². The van der Waals surface area contributed by atoms with Crippen molar-refractivity contribution in [3.8, 4) is 5.75 Å². The van der Waals surface area contributed by atoms with Gasteiger partial charge in [0.1, 0.15) is 17.5 Å². The van der Waals surface area contributed by atoms with Crippen LogP contribution in [0.5, 0.6) is 5.75 Å². The number of likely N-dealkylation sites (tertiary alicyclic amines) is 1. The summed E-state index contributed by atoms with van der Waals surface area (Å²) in [5, 5.41) is 5.48. The monoisotopic (exact) mass is 589 g/mol. The van der Waals surface area contributed by atoms with Crippen LogP contribution in [0.15, 0.2) is 66.3 Å². The van der Waals surface area contributed by atoms with E-state index in [4.69, 9.17) is 15.5 Å². The van der Waals surface area contributed by atoms with Crippen molar-refractivity contribution < 1.29 is 18.7 Å². The largest absolute Gasteiger partial charge is 0.490 e. The first-order valence-electron chi connectivity index (χ1n) is 14.0. The Labute approximate surface area is 246 Å². The molecule has 3 N–H and O–H groups in total. The number of carbonyl (C=O) groups is 2. The van der Waals surface area contributed by atoms with Crippen LogP contribution < -0.4 is 20.7 Å². The Kier molecular flexibility index (Phi) is 8.04. The van der Waals surface area contributed by atoms with Crippen LogP contribution >= 0.6 is 11.3 Å². The maximum Gasteiger partial charge on any atom is 0.314 e. The third kappa shape index (κ3) is 6.23. The van der Waals surface area contributed by atoms with Gasteiger partial charge < -0.3 is 24.8 Å². The molecule has 10 nitrogen and oxygen atoms in total. The van der Waals surface area contributed by atoms with Crippen LogP contribution in [0.3, 0.4) is 0 Å². The fourth-order valence-corrected chi connectivity index (χ4v) is 6.39. The van der Waals surface area contributed by atoms with E-state index >= 15 is 0 Å². The van der Waals surface area contributed by atoms with E-state index in [9.17, 15) is 14.0 Å². The standard InChI is InChI=1S/C30H32FN7O3S/c31-27-17-20(9-12-33-27)18-37-13-1-4-26(37)28(39)35-30-34-24(19-42-30)25-3-2-14-38(25)21-5-7-22(8-6-21)41-23-10-15-36(16-11-23)29(32)40/h1,4-9,12-13,17,19,23,25H,2-3,10-11,14-16,18H2,(H2,32,40)(H,34,35,39)/t25-/m1/s1. The molecule has 0 radical (unpaired) electrons. The Morgan fingerprint density at radius 2 is 1.90 bits per heavy atom. The average Bonchev–Trinajstić information content (AvgIpc) is 3.75. The second-order valence-corrected chi connectivity index (χ2v) is 11.4. The molecular formula is C30H32FN7O3S. The van der Waals surface area contributed by atoms with Crippen molar-refractivity contribution in [2.75, 3.05) is 29.9 Å². The molecule has 2 aliphatic heterocycles. The zero-order valence-corrected chi connectivity index (χ0v) is 23.8. The molecule has 1 atom stereocenters. The minimum absolute atomic E-state index is 0.0658. The highest BCUT2D eigenvalue weighted by Crippen LogP contribution is 2.38. The number of nitrogens with two attached hydrogens (primary N) is 1. The summed E-state index contributed by atoms with van der Waals surface area (Å²) < 4.78 is 21.4. The number of amides is 3. The number of ether oxygens (including phenoxy) is 1. The van der Waals surface area contributed by atoms with Crippen molar-refractivity contribution in [2.45, 2.75) is 44.4 Å². The fraction of sp³-hybridized carbons (Fsp3) is 0.333. The van der Waals surface area contributed by atoms with E-state index in [0.717, 1.165) is 54.9 Å². The molecule has 4 aromatic rings. The molecule has 1 aromatic carbocycles. The molecule has 6 rings (SSSR count). The molecule has 0 saturated carbocycles. The molecule has 3 aromatic heterocycles. The van der Waals surface area contributed by atoms with Crippen LogP contribution in [-0.4, -0.2) is 57.1 Å². The van der Waals surface area contributed by atoms with Gasteiger partial charge in [0, 0.05) is 62.5 Å². The van der Waals surface area contributed by atoms with Gasteiger partial charge in [0.2, 0.25) is 5.95 Å². The number of pyridine rings is 1. The van der Waals surface area contributed by atoms with E-state index in [1.54, 1.807) is 33.9 Å². The van der Waals surface area contributed by atoms with Gasteiger partial charge in [-0.05, 0) is 66.9 Å². The number of carbonyl (C=O) groups excluding carboxylic acids is 2. The summed E-state index contributed by atoms with van der Waals surface area (Å²) in [6.07, 6.45) is 6.81. The van der Waals surface area contributed by atoms with Crippen LogP contribution in [0.25, 0.3) is 0 Å². The first kappa shape index (κ1) is 27.7. The Bertz CT molecular complexity index is 1550. The molecule has 0 spiro atoms. The molecule has 0 aliphatic carbocycles. The molecule has 5 heterocycles. The van der Waals surface area contributed by atoms with Crippen LogP contribution in [0.4, 0.5) is 20.0 Å². The molecule has 0 unspecified atom stereocenters. The Hall–Kier alpha value is -4.45. The summed E-state index contributed by atoms with van der Waals surface area (Å²) in [5.74, 6) is -0.00995. The summed E-state index contributed by atoms with van der Waals surface area (Å²) >= 11 is 1.41. The van der Waals surface area contributed by atoms with Crippen molar-refractivity contribution in [1.29, 1.82) is 0 Å². The number of hydrogen-bond donors (Lipinski definition) is 2. The topological polar surface area (TPSA) is 119 Å². The number of aromatic nitrogens is 3. The van der Waals surface area contributed by atoms with Crippen molar-refractivity contribution >= 4 is 34.1 Å². The smallest absolute Gasteiger partial charge is 0.314 e. The third-order valence-corrected chi connectivity index (χ3v) is 8.54. The number of urea groups is 1. The maximum atomic E-state index is 13.5. The quantitative estimate of drug-likeness (QED) is 0.278. The highest BCUT2D eigenvalue weighted by atomic mass is 32.1. The number of anilines is 2. The molecule has 2 saturated heterocycles. The first-order valence-corrected chi connectivity index (χ1v) is 14.9. The number of benzene rings is 1. The van der Waals surface area contributed by atoms with E-state index in [1.165, 1.54) is 23.6 Å². The van der Waals surface area contributed by atoms with Crippen molar-refractivity contribution in [1.82, 2.24) is 19.4 Å². The van der Waals surface area contributed by atoms with E-state index in [1.807, 2.05) is 17.5 Å². The number of hydrogen-bond acceptors (Lipinski definition) is 7. The molecule has 2 aliphatic rings. The lowest BCUT2D eigenvalue weighted by Crippen LogP contribution is -2.44. The average molecular weight is 590 g/mol. The zero-order valence-electron chi connectivity index (χ0n) is 23.0. The van der Waals surface area contributed by atoms with Gasteiger partial charge in [-0.1, -0.05) is 0 Å². The van der Waals surface area contributed by atoms with Gasteiger partial charge in [0.25, 0.3) is 5.91 Å². The van der Waals surface area contributed by atoms with Gasteiger partial charge in [0.05, 0.1) is 11.7 Å². The van der Waals surface area contributed by atoms with Crippen molar-refractivity contribution in [3.05, 3.63) is 89.2 Å². The third-order valence-electron chi connectivity index (χ3n) is 7.77. The van der Waals surface area contributed by atoms with Crippen molar-refractivity contribution in [3.63, 3.8) is 0 Å². The maximum absolute atomic E-state index is 13.5. The SMILES string of the molecule is NC(=O)N1CCC(Oc2ccc(N3CCC[C@@H]3c3csc(NC(=O)c4cccn4Cc4ccnc(F)c4)n3)cc2)CC1. The Balaban J connectivity index is 1.07. The number of nitrogens with one attached hydrogen (secondary N) is 1. The molecule has 3 amide bonds. The fourth-order valence-electron chi connectivity index (χ4n) is 5.64. The lowest BCUT2D eigenvalue weighted by atomic mass is 10.1. The summed E-state index contributed by atoms with van der Waals surface area (Å²) in [5.41, 5.74) is 8.58. The van der Waals surface area contributed by atoms with E-state index in [-0.39, 0.29) is 24.1 Å². The molecule has 218 valence electrons. The predicted octanol–water partition coefficient (Wildman–Crippen LogP) is 5.04. The first-order chi connectivity index (χ1) is 20.4. The highest BCUT2D eigenvalue weighted by molar-refractivity contribution is 7.14. The van der Waals surface area contributed by atoms with Gasteiger partial charge >= 0.3 is 6.03 Å². The number of halogens is 1. The summed E-state index contributed by atoms with van der Waals surface area (Å²) in [6.45, 7) is 2.50. The molecule has 0 bridgehead atoms. The minimum atomic E-state index is -0.551. The van der Waals surface area contributed by atoms with E-state index in [0.29, 0.717) is 30.5 Å². The highest BCUT2D eigenvalue weighted by Gasteiger charge is 2.29. The summed E-state index contributed by atoms with van der Waals surface area (Å²) in [6, 6.07) is 14.5. The van der Waals surface area contributed by atoms with E-state index < -0.39 is 5.95 Å². The minimum Gasteiger partial charge on any atom is -0.490 e. The van der Waals surface area contributed by atoms with Crippen LogP contribution in [0, 0.1) is 5.95 Å². The van der Waals surface area contributed by atoms with Crippen LogP contribution in [0.1, 0.15) is 53.5 Å². The van der Waals surface area contributed by atoms with Gasteiger partial charge in [-0.15, -0.1) is 11.3 Å². The van der Waals surface area contributed by atoms with Gasteiger partial charge in [-0.25, -0.2) is 14.8 Å². The molecule has 2 fully saturated rings. The lowest BCUT2D eigenvalue weighted by molar-refractivity contribution is 0.101. The van der Waals surface area contributed by atoms with Crippen LogP contribution in [0.2, 0.25) is 0 Å². The Morgan fingerprint density at radius 3 is 2.67 bits per heavy atom. The second-order valence-electron chi connectivity index (χ2n) is 10.5. The number of primary amides is 1. The number of piperidine rings is 1. The van der Waals surface area contributed by atoms with Gasteiger partial charge in [0.15, 0.2) is 5.13 Å². The number of thiazole rings is 1. The molecular weight excluding hydrogens is 557 g/mol. The molecule has 12 heteroatoms.